The van der Waals surface area contributed by atoms with Gasteiger partial charge in [0.1, 0.15) is 0 Å². The van der Waals surface area contributed by atoms with E-state index in [1.165, 1.54) is 24.0 Å². The number of terminal acetylenes is 1. The van der Waals surface area contributed by atoms with Crippen molar-refractivity contribution in [1.82, 2.24) is 5.32 Å². The van der Waals surface area contributed by atoms with E-state index in [2.05, 4.69) is 42.4 Å². The molecule has 0 aliphatic heterocycles. The Morgan fingerprint density at radius 2 is 2.06 bits per heavy atom. The van der Waals surface area contributed by atoms with E-state index in [4.69, 9.17) is 6.42 Å². The van der Waals surface area contributed by atoms with Gasteiger partial charge in [-0.15, -0.1) is 6.42 Å². The number of rotatable bonds is 5. The minimum Gasteiger partial charge on any atom is -0.300 e. The fourth-order valence-corrected chi connectivity index (χ4v) is 1.89. The second kappa shape index (κ2) is 5.18. The third-order valence-electron chi connectivity index (χ3n) is 3.19. The van der Waals surface area contributed by atoms with Crippen LogP contribution in [-0.4, -0.2) is 6.04 Å². The van der Waals surface area contributed by atoms with Gasteiger partial charge < -0.3 is 0 Å². The summed E-state index contributed by atoms with van der Waals surface area (Å²) in [5.74, 6) is 3.59. The normalized spacial score (nSPS) is 16.8. The topological polar surface area (TPSA) is 12.0 Å². The molecule has 0 heterocycles. The van der Waals surface area contributed by atoms with Crippen LogP contribution in [0.25, 0.3) is 0 Å². The minimum atomic E-state index is 0.197. The van der Waals surface area contributed by atoms with Crippen molar-refractivity contribution >= 4 is 0 Å². The molecular weight excluding hydrogens is 194 g/mol. The van der Waals surface area contributed by atoms with E-state index in [1.54, 1.807) is 0 Å². The SMILES string of the molecule is C#CC(CC)NCc1ccc(C2CC2)cc1. The molecule has 16 heavy (non-hydrogen) atoms. The first-order chi connectivity index (χ1) is 7.83. The highest BCUT2D eigenvalue weighted by Gasteiger charge is 2.22. The molecule has 1 heteroatoms. The van der Waals surface area contributed by atoms with Gasteiger partial charge in [-0.25, -0.2) is 0 Å². The van der Waals surface area contributed by atoms with E-state index < -0.39 is 0 Å². The van der Waals surface area contributed by atoms with Crippen LogP contribution in [0, 0.1) is 12.3 Å². The number of hydrogen-bond donors (Lipinski definition) is 1. The molecule has 84 valence electrons. The molecule has 1 atom stereocenters. The first kappa shape index (κ1) is 11.2. The maximum absolute atomic E-state index is 5.41. The van der Waals surface area contributed by atoms with Gasteiger partial charge in [-0.2, -0.15) is 0 Å². The van der Waals surface area contributed by atoms with E-state index in [-0.39, 0.29) is 6.04 Å². The first-order valence-corrected chi connectivity index (χ1v) is 6.12. The smallest absolute Gasteiger partial charge is 0.0686 e. The molecule has 1 saturated carbocycles. The van der Waals surface area contributed by atoms with Gasteiger partial charge >= 0.3 is 0 Å². The molecule has 0 saturated heterocycles. The predicted octanol–water partition coefficient (Wildman–Crippen LogP) is 3.07. The van der Waals surface area contributed by atoms with Crippen molar-refractivity contribution in [3.8, 4) is 12.3 Å². The van der Waals surface area contributed by atoms with Gasteiger partial charge in [-0.3, -0.25) is 5.32 Å². The van der Waals surface area contributed by atoms with E-state index in [0.29, 0.717) is 0 Å². The van der Waals surface area contributed by atoms with Crippen molar-refractivity contribution in [3.05, 3.63) is 35.4 Å². The third kappa shape index (κ3) is 2.87. The van der Waals surface area contributed by atoms with E-state index in [1.807, 2.05) is 0 Å². The van der Waals surface area contributed by atoms with Gasteiger partial charge in [0.2, 0.25) is 0 Å². The Morgan fingerprint density at radius 3 is 2.56 bits per heavy atom. The van der Waals surface area contributed by atoms with Crippen LogP contribution in [0.3, 0.4) is 0 Å². The van der Waals surface area contributed by atoms with Gasteiger partial charge in [0, 0.05) is 6.54 Å². The van der Waals surface area contributed by atoms with Crippen molar-refractivity contribution in [2.24, 2.45) is 0 Å². The van der Waals surface area contributed by atoms with Crippen LogP contribution in [0.5, 0.6) is 0 Å². The Labute approximate surface area is 98.3 Å². The number of nitrogens with one attached hydrogen (secondary N) is 1. The zero-order chi connectivity index (χ0) is 11.4. The van der Waals surface area contributed by atoms with E-state index in [9.17, 15) is 0 Å². The van der Waals surface area contributed by atoms with Crippen molar-refractivity contribution in [3.63, 3.8) is 0 Å². The Bertz CT molecular complexity index is 367. The molecule has 0 radical (unpaired) electrons. The quantitative estimate of drug-likeness (QED) is 0.741. The molecule has 1 aliphatic carbocycles. The summed E-state index contributed by atoms with van der Waals surface area (Å²) in [5.41, 5.74) is 2.81. The molecule has 0 bridgehead atoms. The van der Waals surface area contributed by atoms with Crippen LogP contribution in [0.2, 0.25) is 0 Å². The largest absolute Gasteiger partial charge is 0.300 e. The van der Waals surface area contributed by atoms with Crippen molar-refractivity contribution in [2.45, 2.75) is 44.7 Å². The van der Waals surface area contributed by atoms with Gasteiger partial charge in [0.05, 0.1) is 6.04 Å². The highest BCUT2D eigenvalue weighted by Crippen LogP contribution is 2.39. The molecule has 2 rings (SSSR count). The zero-order valence-electron chi connectivity index (χ0n) is 9.87. The Morgan fingerprint density at radius 1 is 1.38 bits per heavy atom. The monoisotopic (exact) mass is 213 g/mol. The maximum atomic E-state index is 5.41. The molecule has 1 unspecified atom stereocenters. The average molecular weight is 213 g/mol. The van der Waals surface area contributed by atoms with Crippen molar-refractivity contribution < 1.29 is 0 Å². The molecule has 0 spiro atoms. The highest BCUT2D eigenvalue weighted by molar-refractivity contribution is 5.28. The van der Waals surface area contributed by atoms with E-state index >= 15 is 0 Å². The third-order valence-corrected chi connectivity index (χ3v) is 3.19. The summed E-state index contributed by atoms with van der Waals surface area (Å²) >= 11 is 0. The molecule has 0 aromatic heterocycles. The number of hydrogen-bond acceptors (Lipinski definition) is 1. The second-order valence-corrected chi connectivity index (χ2v) is 4.52. The molecule has 1 aliphatic rings. The lowest BCUT2D eigenvalue weighted by Gasteiger charge is -2.10. The molecule has 1 aromatic rings. The maximum Gasteiger partial charge on any atom is 0.0686 e. The fourth-order valence-electron chi connectivity index (χ4n) is 1.89. The zero-order valence-corrected chi connectivity index (χ0v) is 9.87. The van der Waals surface area contributed by atoms with Gasteiger partial charge in [0.15, 0.2) is 0 Å². The predicted molar refractivity (Wildman–Crippen MR) is 68.2 cm³/mol. The first-order valence-electron chi connectivity index (χ1n) is 6.12. The van der Waals surface area contributed by atoms with Crippen LogP contribution in [0.1, 0.15) is 43.2 Å². The summed E-state index contributed by atoms with van der Waals surface area (Å²) in [7, 11) is 0. The fraction of sp³-hybridized carbons (Fsp3) is 0.467. The molecule has 1 fully saturated rings. The summed E-state index contributed by atoms with van der Waals surface area (Å²) in [6.45, 7) is 2.97. The van der Waals surface area contributed by atoms with Gasteiger partial charge in [-0.1, -0.05) is 37.1 Å². The second-order valence-electron chi connectivity index (χ2n) is 4.52. The molecular formula is C15H19N. The standard InChI is InChI=1S/C15H19N/c1-3-15(4-2)16-11-12-5-7-13(8-6-12)14-9-10-14/h1,5-8,14-16H,4,9-11H2,2H3. The summed E-state index contributed by atoms with van der Waals surface area (Å²) in [6, 6.07) is 9.13. The van der Waals surface area contributed by atoms with Crippen LogP contribution in [0.15, 0.2) is 24.3 Å². The van der Waals surface area contributed by atoms with E-state index in [0.717, 1.165) is 18.9 Å². The lowest BCUT2D eigenvalue weighted by atomic mass is 10.1. The van der Waals surface area contributed by atoms with Crippen LogP contribution in [0.4, 0.5) is 0 Å². The number of benzene rings is 1. The van der Waals surface area contributed by atoms with Crippen LogP contribution >= 0.6 is 0 Å². The molecule has 0 amide bonds. The Kier molecular flexibility index (Phi) is 3.64. The average Bonchev–Trinajstić information content (AvgIpc) is 3.15. The lowest BCUT2D eigenvalue weighted by Crippen LogP contribution is -2.26. The van der Waals surface area contributed by atoms with Crippen molar-refractivity contribution in [1.29, 1.82) is 0 Å². The lowest BCUT2D eigenvalue weighted by molar-refractivity contribution is 0.592. The summed E-state index contributed by atoms with van der Waals surface area (Å²) in [4.78, 5) is 0. The minimum absolute atomic E-state index is 0.197. The summed E-state index contributed by atoms with van der Waals surface area (Å²) in [6.07, 6.45) is 9.13. The Balaban J connectivity index is 1.87. The summed E-state index contributed by atoms with van der Waals surface area (Å²) in [5, 5.41) is 3.36. The molecule has 1 N–H and O–H groups in total. The van der Waals surface area contributed by atoms with Crippen LogP contribution < -0.4 is 5.32 Å². The van der Waals surface area contributed by atoms with Crippen molar-refractivity contribution in [2.75, 3.05) is 0 Å². The molecule has 1 nitrogen and oxygen atoms in total. The summed E-state index contributed by atoms with van der Waals surface area (Å²) < 4.78 is 0. The van der Waals surface area contributed by atoms with Crippen LogP contribution in [-0.2, 0) is 6.54 Å². The van der Waals surface area contributed by atoms with Gasteiger partial charge in [0.25, 0.3) is 0 Å². The Hall–Kier alpha value is -1.26. The highest BCUT2D eigenvalue weighted by atomic mass is 14.9. The van der Waals surface area contributed by atoms with Gasteiger partial charge in [-0.05, 0) is 36.3 Å². The molecule has 1 aromatic carbocycles.